The summed E-state index contributed by atoms with van der Waals surface area (Å²) in [5.41, 5.74) is 0.296. The molecule has 0 unspecified atom stereocenters. The predicted octanol–water partition coefficient (Wildman–Crippen LogP) is 0.0132. The van der Waals surface area contributed by atoms with Crippen molar-refractivity contribution in [2.75, 3.05) is 25.6 Å². The van der Waals surface area contributed by atoms with Gasteiger partial charge in [-0.1, -0.05) is 30.3 Å². The second kappa shape index (κ2) is 7.86. The first-order chi connectivity index (χ1) is 10.6. The van der Waals surface area contributed by atoms with E-state index in [2.05, 4.69) is 4.72 Å². The number of nitrogens with one attached hydrogen (secondary N) is 1. The molecule has 0 fully saturated rings. The number of carboxylic acids is 1. The molecule has 1 aromatic carbocycles. The molecule has 1 rings (SSSR count). The first kappa shape index (κ1) is 19.6. The zero-order valence-electron chi connectivity index (χ0n) is 12.8. The van der Waals surface area contributed by atoms with Crippen molar-refractivity contribution in [1.29, 1.82) is 0 Å². The van der Waals surface area contributed by atoms with Gasteiger partial charge in [0.15, 0.2) is 0 Å². The average Bonchev–Trinajstić information content (AvgIpc) is 2.45. The van der Waals surface area contributed by atoms with Crippen LogP contribution in [0.4, 0.5) is 0 Å². The van der Waals surface area contributed by atoms with Crippen LogP contribution >= 0.6 is 0 Å². The molecule has 0 radical (unpaired) electrons. The van der Waals surface area contributed by atoms with Gasteiger partial charge in [0.25, 0.3) is 0 Å². The second-order valence-electron chi connectivity index (χ2n) is 5.07. The van der Waals surface area contributed by atoms with E-state index in [-0.39, 0.29) is 12.2 Å². The molecule has 0 heterocycles. The monoisotopic (exact) mass is 364 g/mol. The zero-order chi connectivity index (χ0) is 17.7. The quantitative estimate of drug-likeness (QED) is 0.637. The Kier molecular flexibility index (Phi) is 6.69. The fraction of sp³-hybridized carbons (Fsp3) is 0.462. The molecular weight excluding hydrogens is 344 g/mol. The largest absolute Gasteiger partial charge is 0.480 e. The van der Waals surface area contributed by atoms with Gasteiger partial charge in [0.2, 0.25) is 20.0 Å². The van der Waals surface area contributed by atoms with E-state index in [1.165, 1.54) is 26.2 Å². The van der Waals surface area contributed by atoms with Gasteiger partial charge in [0.1, 0.15) is 6.04 Å². The normalized spacial score (nSPS) is 13.9. The molecule has 0 aliphatic rings. The highest BCUT2D eigenvalue weighted by Crippen LogP contribution is 2.14. The number of aliphatic carboxylic acids is 1. The molecule has 1 aromatic rings. The molecule has 8 nitrogen and oxygen atoms in total. The topological polar surface area (TPSA) is 121 Å². The van der Waals surface area contributed by atoms with Crippen molar-refractivity contribution in [3.05, 3.63) is 35.9 Å². The number of benzene rings is 1. The SMILES string of the molecule is CN(C)S(=O)(=O)CCCS(=O)(=O)N[C@@H](C(=O)O)c1ccccc1. The summed E-state index contributed by atoms with van der Waals surface area (Å²) in [5.74, 6) is -2.14. The highest BCUT2D eigenvalue weighted by atomic mass is 32.2. The maximum atomic E-state index is 12.0. The van der Waals surface area contributed by atoms with Crippen molar-refractivity contribution >= 4 is 26.0 Å². The van der Waals surface area contributed by atoms with Gasteiger partial charge in [-0.3, -0.25) is 4.79 Å². The lowest BCUT2D eigenvalue weighted by molar-refractivity contribution is -0.139. The van der Waals surface area contributed by atoms with Crippen molar-refractivity contribution in [3.8, 4) is 0 Å². The molecule has 0 saturated carbocycles. The summed E-state index contributed by atoms with van der Waals surface area (Å²) in [5, 5.41) is 9.19. The molecule has 0 saturated heterocycles. The van der Waals surface area contributed by atoms with Crippen LogP contribution in [0, 0.1) is 0 Å². The molecular formula is C13H20N2O6S2. The van der Waals surface area contributed by atoms with Crippen molar-refractivity contribution < 1.29 is 26.7 Å². The smallest absolute Gasteiger partial charge is 0.326 e. The summed E-state index contributed by atoms with van der Waals surface area (Å²) in [6, 6.07) is 6.47. The molecule has 2 N–H and O–H groups in total. The minimum absolute atomic E-state index is 0.128. The molecule has 0 aliphatic carbocycles. The van der Waals surface area contributed by atoms with Crippen molar-refractivity contribution in [1.82, 2.24) is 9.03 Å². The molecule has 0 spiro atoms. The lowest BCUT2D eigenvalue weighted by atomic mass is 10.1. The van der Waals surface area contributed by atoms with Gasteiger partial charge in [-0.05, 0) is 12.0 Å². The number of carbonyl (C=O) groups is 1. The fourth-order valence-electron chi connectivity index (χ4n) is 1.76. The van der Waals surface area contributed by atoms with Gasteiger partial charge < -0.3 is 5.11 Å². The van der Waals surface area contributed by atoms with E-state index >= 15 is 0 Å². The van der Waals surface area contributed by atoms with Crippen LogP contribution in [-0.2, 0) is 24.8 Å². The lowest BCUT2D eigenvalue weighted by Gasteiger charge is -2.15. The maximum Gasteiger partial charge on any atom is 0.326 e. The highest BCUT2D eigenvalue weighted by Gasteiger charge is 2.26. The van der Waals surface area contributed by atoms with Crippen LogP contribution in [0.5, 0.6) is 0 Å². The Morgan fingerprint density at radius 2 is 1.70 bits per heavy atom. The lowest BCUT2D eigenvalue weighted by Crippen LogP contribution is -2.36. The van der Waals surface area contributed by atoms with Gasteiger partial charge in [-0.15, -0.1) is 0 Å². The summed E-state index contributed by atoms with van der Waals surface area (Å²) < 4.78 is 50.3. The molecule has 0 aliphatic heterocycles. The number of hydrogen-bond acceptors (Lipinski definition) is 5. The standard InChI is InChI=1S/C13H20N2O6S2/c1-15(2)23(20,21)10-6-9-22(18,19)14-12(13(16)17)11-7-4-3-5-8-11/h3-5,7-8,12,14H,6,9-10H2,1-2H3,(H,16,17)/t12-/m1/s1. The second-order valence-corrected chi connectivity index (χ2v) is 9.25. The number of sulfonamides is 2. The Labute approximate surface area is 136 Å². The summed E-state index contributed by atoms with van der Waals surface area (Å²) in [4.78, 5) is 11.3. The molecule has 1 atom stereocenters. The van der Waals surface area contributed by atoms with Gasteiger partial charge in [-0.25, -0.2) is 21.1 Å². The summed E-state index contributed by atoms with van der Waals surface area (Å²) >= 11 is 0. The Morgan fingerprint density at radius 1 is 1.13 bits per heavy atom. The number of carboxylic acid groups (broad SMARTS) is 1. The Hall–Kier alpha value is -1.49. The van der Waals surface area contributed by atoms with Crippen molar-refractivity contribution in [3.63, 3.8) is 0 Å². The minimum atomic E-state index is -3.94. The number of hydrogen-bond donors (Lipinski definition) is 2. The summed E-state index contributed by atoms with van der Waals surface area (Å²) in [7, 11) is -4.71. The Bertz CT molecular complexity index is 729. The first-order valence-electron chi connectivity index (χ1n) is 6.73. The third-order valence-electron chi connectivity index (χ3n) is 3.05. The van der Waals surface area contributed by atoms with Crippen LogP contribution in [0.3, 0.4) is 0 Å². The van der Waals surface area contributed by atoms with Crippen LogP contribution < -0.4 is 4.72 Å². The van der Waals surface area contributed by atoms with E-state index in [1.54, 1.807) is 18.2 Å². The van der Waals surface area contributed by atoms with Crippen LogP contribution in [0.25, 0.3) is 0 Å². The molecule has 10 heteroatoms. The zero-order valence-corrected chi connectivity index (χ0v) is 14.5. The summed E-state index contributed by atoms with van der Waals surface area (Å²) in [6.07, 6.45) is -0.128. The predicted molar refractivity (Wildman–Crippen MR) is 85.8 cm³/mol. The third kappa shape index (κ3) is 6.26. The van der Waals surface area contributed by atoms with Gasteiger partial charge in [-0.2, -0.15) is 4.72 Å². The minimum Gasteiger partial charge on any atom is -0.480 e. The molecule has 0 aromatic heterocycles. The molecule has 23 heavy (non-hydrogen) atoms. The molecule has 0 amide bonds. The van der Waals surface area contributed by atoms with Crippen LogP contribution in [0.2, 0.25) is 0 Å². The van der Waals surface area contributed by atoms with E-state index in [0.29, 0.717) is 5.56 Å². The molecule has 130 valence electrons. The van der Waals surface area contributed by atoms with Gasteiger partial charge in [0.05, 0.1) is 11.5 Å². The number of nitrogens with zero attached hydrogens (tertiary/aromatic N) is 1. The Morgan fingerprint density at radius 3 is 2.17 bits per heavy atom. The van der Waals surface area contributed by atoms with Crippen molar-refractivity contribution in [2.45, 2.75) is 12.5 Å². The van der Waals surface area contributed by atoms with E-state index in [9.17, 15) is 26.7 Å². The van der Waals surface area contributed by atoms with Crippen molar-refractivity contribution in [2.24, 2.45) is 0 Å². The van der Waals surface area contributed by atoms with Gasteiger partial charge >= 0.3 is 5.97 Å². The van der Waals surface area contributed by atoms with E-state index in [1.807, 2.05) is 0 Å². The van der Waals surface area contributed by atoms with Crippen LogP contribution in [0.1, 0.15) is 18.0 Å². The number of rotatable bonds is 9. The van der Waals surface area contributed by atoms with E-state index < -0.39 is 37.8 Å². The molecule has 0 bridgehead atoms. The van der Waals surface area contributed by atoms with Gasteiger partial charge in [0, 0.05) is 14.1 Å². The highest BCUT2D eigenvalue weighted by molar-refractivity contribution is 7.90. The van der Waals surface area contributed by atoms with Crippen LogP contribution in [0.15, 0.2) is 30.3 Å². The van der Waals surface area contributed by atoms with E-state index in [0.717, 1.165) is 4.31 Å². The maximum absolute atomic E-state index is 12.0. The first-order valence-corrected chi connectivity index (χ1v) is 9.99. The summed E-state index contributed by atoms with van der Waals surface area (Å²) in [6.45, 7) is 0. The Balaban J connectivity index is 2.75. The average molecular weight is 364 g/mol. The fourth-order valence-corrected chi connectivity index (χ4v) is 4.05. The van der Waals surface area contributed by atoms with Crippen LogP contribution in [-0.4, -0.2) is 57.8 Å². The third-order valence-corrected chi connectivity index (χ3v) is 6.39. The van der Waals surface area contributed by atoms with E-state index in [4.69, 9.17) is 0 Å².